The molecule has 1 unspecified atom stereocenters. The van der Waals surface area contributed by atoms with Gasteiger partial charge in [0.05, 0.1) is 26.3 Å². The second-order valence-electron chi connectivity index (χ2n) is 6.16. The topological polar surface area (TPSA) is 59.0 Å². The van der Waals surface area contributed by atoms with Crippen LogP contribution >= 0.6 is 0 Å². The van der Waals surface area contributed by atoms with Gasteiger partial charge in [-0.15, -0.1) is 0 Å². The molecule has 1 aromatic rings. The van der Waals surface area contributed by atoms with Crippen molar-refractivity contribution in [3.8, 4) is 11.5 Å². The molecule has 2 aliphatic carbocycles. The van der Waals surface area contributed by atoms with Crippen molar-refractivity contribution in [1.29, 1.82) is 1.43 Å². The van der Waals surface area contributed by atoms with Gasteiger partial charge in [0.15, 0.2) is 23.4 Å². The molecular formula is C18H21NO4. The number of carbonyl (C=O) groups excluding carboxylic acids is 1. The Kier molecular flexibility index (Phi) is 1.02. The Bertz CT molecular complexity index is 1230. The number of aliphatic hydroxyl groups is 1. The zero-order valence-electron chi connectivity index (χ0n) is 25.8. The van der Waals surface area contributed by atoms with E-state index in [9.17, 15) is 6.17 Å². The molecule has 1 saturated heterocycles. The van der Waals surface area contributed by atoms with Crippen molar-refractivity contribution in [1.82, 2.24) is 4.90 Å². The summed E-state index contributed by atoms with van der Waals surface area (Å²) in [4.78, 5) is 14.2. The van der Waals surface area contributed by atoms with Crippen LogP contribution in [0.25, 0.3) is 0 Å². The van der Waals surface area contributed by atoms with E-state index < -0.39 is 110 Å². The molecule has 5 heteroatoms. The van der Waals surface area contributed by atoms with Gasteiger partial charge in [-0.2, -0.15) is 0 Å². The molecule has 2 aliphatic heterocycles. The summed E-state index contributed by atoms with van der Waals surface area (Å²) in [5.41, 5.74) is -5.79. The van der Waals surface area contributed by atoms with Gasteiger partial charge < -0.3 is 19.5 Å². The Labute approximate surface area is 154 Å². The number of nitrogens with zero attached hydrogens (tertiary/aromatic N) is 1. The van der Waals surface area contributed by atoms with E-state index in [0.29, 0.717) is 4.90 Å². The van der Waals surface area contributed by atoms with Crippen molar-refractivity contribution < 1.29 is 37.2 Å². The number of likely N-dealkylation sites (tertiary alicyclic amines) is 1. The summed E-state index contributed by atoms with van der Waals surface area (Å²) in [6, 6.07) is -3.85. The van der Waals surface area contributed by atoms with Crippen LogP contribution in [-0.2, 0) is 16.6 Å². The molecule has 122 valence electrons. The van der Waals surface area contributed by atoms with Crippen LogP contribution < -0.4 is 9.47 Å². The van der Waals surface area contributed by atoms with Crippen LogP contribution in [0.4, 0.5) is 0 Å². The van der Waals surface area contributed by atoms with Crippen molar-refractivity contribution >= 4 is 5.78 Å². The minimum atomic E-state index is -3.20. The van der Waals surface area contributed by atoms with E-state index in [1.807, 2.05) is 0 Å². The molecule has 1 N–H and O–H groups in total. The van der Waals surface area contributed by atoms with Gasteiger partial charge in [0.25, 0.3) is 0 Å². The maximum atomic E-state index is 13.5. The van der Waals surface area contributed by atoms with Gasteiger partial charge in [0, 0.05) is 27.6 Å². The van der Waals surface area contributed by atoms with Gasteiger partial charge in [-0.25, -0.2) is 0 Å². The third kappa shape index (κ3) is 1.32. The zero-order valence-corrected chi connectivity index (χ0v) is 11.8. The number of ether oxygens (including phenoxy) is 2. The Morgan fingerprint density at radius 3 is 3.43 bits per heavy atom. The molecule has 5 nitrogen and oxygen atoms in total. The van der Waals surface area contributed by atoms with Crippen molar-refractivity contribution in [2.45, 2.75) is 48.7 Å². The third-order valence-electron chi connectivity index (χ3n) is 5.31. The minimum absolute atomic E-state index is 0.412. The molecule has 23 heavy (non-hydrogen) atoms. The summed E-state index contributed by atoms with van der Waals surface area (Å²) in [5.74, 6) is -3.02. The molecule has 2 fully saturated rings. The summed E-state index contributed by atoms with van der Waals surface area (Å²) in [5, 5.41) is 5.09. The largest absolute Gasteiger partial charge is 0.493 e. The number of rotatable bonds is 2. The summed E-state index contributed by atoms with van der Waals surface area (Å²) in [7, 11) is -3.20. The average molecular weight is 329 g/mol. The normalized spacial score (nSPS) is 58.1. The molecule has 0 aromatic heterocycles. The molecule has 1 aromatic carbocycles. The molecule has 4 aliphatic rings. The van der Waals surface area contributed by atoms with E-state index in [1.165, 1.54) is 0 Å². The Morgan fingerprint density at radius 1 is 1.65 bits per heavy atom. The monoisotopic (exact) mass is 329 g/mol. The SMILES string of the molecule is [2H]O[C@@]12CC([2H])([2H])C(=O)C3([2H])Oc4c(OC([2H])([2H])[2H])c([2H])c([2H])c5c4[C@@]31CCN(C([2H])([2H])[2H])[C@@H]2C5([2H])[2H]. The number of hydrogen-bond donors (Lipinski definition) is 1. The Hall–Kier alpha value is -1.59. The van der Waals surface area contributed by atoms with Crippen LogP contribution in [0.3, 0.4) is 0 Å². The number of piperidine rings is 1. The maximum absolute atomic E-state index is 13.5. The van der Waals surface area contributed by atoms with Crippen LogP contribution in [0.15, 0.2) is 12.1 Å². The lowest BCUT2D eigenvalue weighted by atomic mass is 9.49. The van der Waals surface area contributed by atoms with Crippen LogP contribution in [0.1, 0.15) is 48.2 Å². The quantitative estimate of drug-likeness (QED) is 0.879. The van der Waals surface area contributed by atoms with Gasteiger partial charge in [0.2, 0.25) is 1.43 Å². The highest BCUT2D eigenvalue weighted by molar-refractivity contribution is 5.90. The van der Waals surface area contributed by atoms with Crippen molar-refractivity contribution in [3.63, 3.8) is 0 Å². The highest BCUT2D eigenvalue weighted by Gasteiger charge is 2.72. The summed E-state index contributed by atoms with van der Waals surface area (Å²) in [6.07, 6.45) is -10.4. The smallest absolute Gasteiger partial charge is 0.211 e. The van der Waals surface area contributed by atoms with Crippen molar-refractivity contribution in [2.24, 2.45) is 0 Å². The van der Waals surface area contributed by atoms with E-state index in [2.05, 4.69) is 0 Å². The lowest BCUT2D eigenvalue weighted by Gasteiger charge is -2.62. The van der Waals surface area contributed by atoms with Crippen LogP contribution in [0, 0.1) is 0 Å². The molecule has 1 saturated carbocycles. The molecule has 4 atom stereocenters. The van der Waals surface area contributed by atoms with Crippen molar-refractivity contribution in [2.75, 3.05) is 20.6 Å². The first-order chi connectivity index (χ1) is 16.6. The predicted molar refractivity (Wildman–Crippen MR) is 83.0 cm³/mol. The molecule has 2 heterocycles. The molecule has 2 bridgehead atoms. The van der Waals surface area contributed by atoms with Crippen LogP contribution in [0.5, 0.6) is 11.5 Å². The number of ketones is 1. The van der Waals surface area contributed by atoms with E-state index in [4.69, 9.17) is 32.5 Å². The zero-order chi connectivity index (χ0) is 27.9. The van der Waals surface area contributed by atoms with Gasteiger partial charge in [-0.1, -0.05) is 6.04 Å². The van der Waals surface area contributed by atoms with Crippen LogP contribution in [-0.4, -0.2) is 55.5 Å². The van der Waals surface area contributed by atoms with E-state index in [-0.39, 0.29) is 0 Å². The first kappa shape index (κ1) is 5.74. The van der Waals surface area contributed by atoms with E-state index in [1.54, 1.807) is 0 Å². The first-order valence-electron chi connectivity index (χ1n) is 14.1. The summed E-state index contributed by atoms with van der Waals surface area (Å²) in [6.45, 7) is -3.46. The molecule has 5 rings (SSSR count). The standard InChI is InChI=1S/C18H21NO4/c1-19-8-7-17-14-10-3-4-12(22-2)15(14)23-16(17)11(20)5-6-18(17,21)13(19)9-10/h3-4,13,16,21H,5-9H2,1-2H3/t13-,16?,17+,18-/m1/s1/i1D3,2D3,3D,4D,5D2,9D2,16D,21D. The predicted octanol–water partition coefficient (Wildman–Crippen LogP) is 1.05. The highest BCUT2D eigenvalue weighted by atomic mass is 16.5. The number of likely N-dealkylation sites (N-methyl/N-ethyl adjacent to an activating group) is 1. The third-order valence-corrected chi connectivity index (χ3v) is 5.31. The second kappa shape index (κ2) is 4.08. The highest BCUT2D eigenvalue weighted by Crippen LogP contribution is 2.64. The first-order valence-corrected chi connectivity index (χ1v) is 7.16. The van der Waals surface area contributed by atoms with Gasteiger partial charge in [0.1, 0.15) is 0 Å². The van der Waals surface area contributed by atoms with Gasteiger partial charge in [-0.05, 0) is 44.3 Å². The number of carbonyl (C=O) groups is 1. The molecule has 0 amide bonds. The number of hydrogen-bond acceptors (Lipinski definition) is 5. The Morgan fingerprint density at radius 2 is 2.61 bits per heavy atom. The number of methoxy groups -OCH3 is 1. The number of benzene rings is 1. The van der Waals surface area contributed by atoms with Gasteiger partial charge in [-0.3, -0.25) is 4.79 Å². The maximum Gasteiger partial charge on any atom is 0.211 e. The fourth-order valence-electron chi connectivity index (χ4n) is 4.32. The average Bonchev–Trinajstić information content (AvgIpc) is 2.99. The lowest BCUT2D eigenvalue weighted by Crippen LogP contribution is -2.76. The van der Waals surface area contributed by atoms with E-state index in [0.717, 1.165) is 0 Å². The van der Waals surface area contributed by atoms with Crippen LogP contribution in [0.2, 0.25) is 0 Å². The molecular weight excluding hydrogens is 294 g/mol. The molecule has 0 radical (unpaired) electrons. The summed E-state index contributed by atoms with van der Waals surface area (Å²) >= 11 is 0. The van der Waals surface area contributed by atoms with Gasteiger partial charge >= 0.3 is 0 Å². The second-order valence-corrected chi connectivity index (χ2v) is 6.16. The van der Waals surface area contributed by atoms with E-state index >= 15 is 0 Å². The van der Waals surface area contributed by atoms with Crippen molar-refractivity contribution in [3.05, 3.63) is 23.2 Å². The fraction of sp³-hybridized carbons (Fsp3) is 0.611. The Balaban J connectivity index is 2.00. The minimum Gasteiger partial charge on any atom is -0.493 e. The summed E-state index contributed by atoms with van der Waals surface area (Å²) < 4.78 is 126. The number of Topliss-reactive ketones (excluding diaryl/α,β-unsaturated/α-hetero) is 1. The molecule has 1 spiro atoms. The lowest BCUT2D eigenvalue weighted by molar-refractivity contribution is -0.185. The fourth-order valence-corrected chi connectivity index (χ4v) is 4.32.